The average Bonchev–Trinajstić information content (AvgIpc) is 2.41. The van der Waals surface area contributed by atoms with Crippen LogP contribution in [0.5, 0.6) is 11.5 Å². The van der Waals surface area contributed by atoms with Gasteiger partial charge in [0, 0.05) is 16.6 Å². The van der Waals surface area contributed by atoms with Crippen LogP contribution in [-0.2, 0) is 12.7 Å². The number of hydrogen-bond acceptors (Lipinski definition) is 2. The van der Waals surface area contributed by atoms with Crippen molar-refractivity contribution < 1.29 is 17.9 Å². The molecule has 0 heterocycles. The van der Waals surface area contributed by atoms with Gasteiger partial charge in [0.15, 0.2) is 0 Å². The molecule has 112 valence electrons. The van der Waals surface area contributed by atoms with Crippen molar-refractivity contribution in [3.63, 3.8) is 0 Å². The highest BCUT2D eigenvalue weighted by Crippen LogP contribution is 2.38. The van der Waals surface area contributed by atoms with Crippen LogP contribution in [0.4, 0.5) is 13.2 Å². The molecule has 0 aromatic heterocycles. The molecule has 6 heteroatoms. The van der Waals surface area contributed by atoms with Gasteiger partial charge in [-0.25, -0.2) is 0 Å². The zero-order valence-electron chi connectivity index (χ0n) is 11.2. The third kappa shape index (κ3) is 3.98. The lowest BCUT2D eigenvalue weighted by molar-refractivity contribution is -0.138. The highest BCUT2D eigenvalue weighted by atomic mass is 79.9. The molecule has 21 heavy (non-hydrogen) atoms. The second kappa shape index (κ2) is 6.49. The number of halogens is 4. The van der Waals surface area contributed by atoms with Crippen molar-refractivity contribution in [2.75, 3.05) is 7.05 Å². The first-order chi connectivity index (χ1) is 9.91. The van der Waals surface area contributed by atoms with E-state index in [1.165, 1.54) is 18.2 Å². The summed E-state index contributed by atoms with van der Waals surface area (Å²) >= 11 is 3.33. The summed E-state index contributed by atoms with van der Waals surface area (Å²) < 4.78 is 45.2. The van der Waals surface area contributed by atoms with Crippen molar-refractivity contribution in [2.45, 2.75) is 12.7 Å². The molecule has 2 rings (SSSR count). The maximum Gasteiger partial charge on any atom is 0.419 e. The van der Waals surface area contributed by atoms with Gasteiger partial charge >= 0.3 is 6.18 Å². The van der Waals surface area contributed by atoms with Gasteiger partial charge in [0.1, 0.15) is 11.5 Å². The highest BCUT2D eigenvalue weighted by molar-refractivity contribution is 9.10. The summed E-state index contributed by atoms with van der Waals surface area (Å²) in [6.07, 6.45) is -4.45. The standard InChI is InChI=1S/C15H13BrF3NO/c1-20-9-10-8-11(16)6-7-13(10)21-14-5-3-2-4-12(14)15(17,18)19/h2-8,20H,9H2,1H3. The van der Waals surface area contributed by atoms with E-state index in [4.69, 9.17) is 4.74 Å². The number of benzene rings is 2. The fourth-order valence-electron chi connectivity index (χ4n) is 1.88. The molecule has 0 amide bonds. The lowest BCUT2D eigenvalue weighted by atomic mass is 10.1. The molecule has 0 aliphatic carbocycles. The smallest absolute Gasteiger partial charge is 0.419 e. The van der Waals surface area contributed by atoms with E-state index >= 15 is 0 Å². The van der Waals surface area contributed by atoms with Crippen molar-refractivity contribution in [1.82, 2.24) is 5.32 Å². The van der Waals surface area contributed by atoms with Gasteiger partial charge in [0.05, 0.1) is 5.56 Å². The molecule has 0 atom stereocenters. The molecule has 0 spiro atoms. The number of rotatable bonds is 4. The molecule has 0 bridgehead atoms. The molecule has 2 aromatic carbocycles. The molecule has 0 fully saturated rings. The lowest BCUT2D eigenvalue weighted by Gasteiger charge is -2.16. The third-order valence-electron chi connectivity index (χ3n) is 2.80. The van der Waals surface area contributed by atoms with E-state index in [1.54, 1.807) is 19.2 Å². The van der Waals surface area contributed by atoms with Gasteiger partial charge in [-0.1, -0.05) is 28.1 Å². The summed E-state index contributed by atoms with van der Waals surface area (Å²) in [7, 11) is 1.76. The molecule has 0 aliphatic heterocycles. The Balaban J connectivity index is 2.39. The van der Waals surface area contributed by atoms with Crippen LogP contribution in [0.1, 0.15) is 11.1 Å². The molecule has 0 unspecified atom stereocenters. The molecule has 0 aliphatic rings. The Morgan fingerprint density at radius 2 is 1.81 bits per heavy atom. The largest absolute Gasteiger partial charge is 0.456 e. The van der Waals surface area contributed by atoms with E-state index in [1.807, 2.05) is 6.07 Å². The Morgan fingerprint density at radius 3 is 2.48 bits per heavy atom. The van der Waals surface area contributed by atoms with Gasteiger partial charge < -0.3 is 10.1 Å². The summed E-state index contributed by atoms with van der Waals surface area (Å²) in [6, 6.07) is 10.4. The highest BCUT2D eigenvalue weighted by Gasteiger charge is 2.34. The van der Waals surface area contributed by atoms with Crippen molar-refractivity contribution in [2.24, 2.45) is 0 Å². The van der Waals surface area contributed by atoms with Crippen LogP contribution in [0.3, 0.4) is 0 Å². The maximum atomic E-state index is 13.0. The Bertz CT molecular complexity index is 629. The van der Waals surface area contributed by atoms with Crippen LogP contribution in [0.15, 0.2) is 46.9 Å². The first-order valence-electron chi connectivity index (χ1n) is 6.19. The van der Waals surface area contributed by atoms with Gasteiger partial charge in [0.25, 0.3) is 0 Å². The minimum absolute atomic E-state index is 0.204. The van der Waals surface area contributed by atoms with Crippen LogP contribution in [0, 0.1) is 0 Å². The fraction of sp³-hybridized carbons (Fsp3) is 0.200. The molecule has 0 saturated carbocycles. The number of para-hydroxylation sites is 1. The number of hydrogen-bond donors (Lipinski definition) is 1. The van der Waals surface area contributed by atoms with Crippen molar-refractivity contribution >= 4 is 15.9 Å². The van der Waals surface area contributed by atoms with Gasteiger partial charge in [-0.05, 0) is 37.4 Å². The summed E-state index contributed by atoms with van der Waals surface area (Å²) in [6.45, 7) is 0.489. The molecule has 1 N–H and O–H groups in total. The molecule has 0 saturated heterocycles. The van der Waals surface area contributed by atoms with Gasteiger partial charge in [-0.2, -0.15) is 13.2 Å². The zero-order valence-corrected chi connectivity index (χ0v) is 12.8. The first kappa shape index (κ1) is 15.9. The molecule has 0 radical (unpaired) electrons. The average molecular weight is 360 g/mol. The van der Waals surface area contributed by atoms with E-state index in [9.17, 15) is 13.2 Å². The molecule has 2 nitrogen and oxygen atoms in total. The van der Waals surface area contributed by atoms with Crippen molar-refractivity contribution in [1.29, 1.82) is 0 Å². The topological polar surface area (TPSA) is 21.3 Å². The third-order valence-corrected chi connectivity index (χ3v) is 3.30. The van der Waals surface area contributed by atoms with E-state index in [0.29, 0.717) is 12.3 Å². The minimum Gasteiger partial charge on any atom is -0.456 e. The number of ether oxygens (including phenoxy) is 1. The van der Waals surface area contributed by atoms with Crippen LogP contribution in [-0.4, -0.2) is 7.05 Å². The quantitative estimate of drug-likeness (QED) is 0.831. The second-order valence-electron chi connectivity index (χ2n) is 4.38. The Labute approximate surface area is 129 Å². The second-order valence-corrected chi connectivity index (χ2v) is 5.29. The van der Waals surface area contributed by atoms with E-state index in [0.717, 1.165) is 16.1 Å². The molecule has 2 aromatic rings. The van der Waals surface area contributed by atoms with Crippen molar-refractivity contribution in [3.05, 3.63) is 58.1 Å². The van der Waals surface area contributed by atoms with Crippen molar-refractivity contribution in [3.8, 4) is 11.5 Å². The number of alkyl halides is 3. The van der Waals surface area contributed by atoms with Gasteiger partial charge in [-0.15, -0.1) is 0 Å². The summed E-state index contributed by atoms with van der Waals surface area (Å²) in [5.41, 5.74) is -0.0211. The minimum atomic E-state index is -4.45. The summed E-state index contributed by atoms with van der Waals surface area (Å²) in [4.78, 5) is 0. The Hall–Kier alpha value is -1.53. The predicted octanol–water partition coefficient (Wildman–Crippen LogP) is 4.98. The summed E-state index contributed by atoms with van der Waals surface area (Å²) in [5, 5.41) is 2.96. The monoisotopic (exact) mass is 359 g/mol. The Kier molecular flexibility index (Phi) is 4.90. The van der Waals surface area contributed by atoms with Crippen LogP contribution >= 0.6 is 15.9 Å². The van der Waals surface area contributed by atoms with Gasteiger partial charge in [-0.3, -0.25) is 0 Å². The molecular weight excluding hydrogens is 347 g/mol. The van der Waals surface area contributed by atoms with Crippen LogP contribution in [0.2, 0.25) is 0 Å². The van der Waals surface area contributed by atoms with E-state index in [2.05, 4.69) is 21.2 Å². The predicted molar refractivity (Wildman–Crippen MR) is 78.4 cm³/mol. The van der Waals surface area contributed by atoms with Crippen LogP contribution < -0.4 is 10.1 Å². The van der Waals surface area contributed by atoms with Crippen LogP contribution in [0.25, 0.3) is 0 Å². The lowest BCUT2D eigenvalue weighted by Crippen LogP contribution is -2.09. The maximum absolute atomic E-state index is 13.0. The van der Waals surface area contributed by atoms with Gasteiger partial charge in [0.2, 0.25) is 0 Å². The fourth-order valence-corrected chi connectivity index (χ4v) is 2.29. The number of nitrogens with one attached hydrogen (secondary N) is 1. The SMILES string of the molecule is CNCc1cc(Br)ccc1Oc1ccccc1C(F)(F)F. The Morgan fingerprint density at radius 1 is 1.10 bits per heavy atom. The summed E-state index contributed by atoms with van der Waals surface area (Å²) in [5.74, 6) is 0.189. The zero-order chi connectivity index (χ0) is 15.5. The van der Waals surface area contributed by atoms with E-state index in [-0.39, 0.29) is 5.75 Å². The normalized spacial score (nSPS) is 11.5. The molecular formula is C15H13BrF3NO. The first-order valence-corrected chi connectivity index (χ1v) is 6.98. The van der Waals surface area contributed by atoms with E-state index < -0.39 is 11.7 Å².